The lowest BCUT2D eigenvalue weighted by Crippen LogP contribution is -2.27. The highest BCUT2D eigenvalue weighted by Crippen LogP contribution is 2.18. The predicted octanol–water partition coefficient (Wildman–Crippen LogP) is 2.19. The average Bonchev–Trinajstić information content (AvgIpc) is 2.48. The van der Waals surface area contributed by atoms with E-state index < -0.39 is 27.6 Å². The highest BCUT2D eigenvalue weighted by Gasteiger charge is 2.18. The van der Waals surface area contributed by atoms with E-state index in [-0.39, 0.29) is 22.6 Å². The summed E-state index contributed by atoms with van der Waals surface area (Å²) in [6, 6.07) is 7.20. The van der Waals surface area contributed by atoms with Crippen LogP contribution in [0.4, 0.5) is 8.78 Å². The largest absolute Gasteiger partial charge is 0.337 e. The van der Waals surface area contributed by atoms with E-state index in [9.17, 15) is 22.0 Å². The number of halogens is 2. The van der Waals surface area contributed by atoms with Crippen molar-refractivity contribution in [1.82, 2.24) is 4.90 Å². The molecule has 0 aliphatic rings. The van der Waals surface area contributed by atoms with Gasteiger partial charge in [-0.25, -0.2) is 22.3 Å². The Kier molecular flexibility index (Phi) is 5.00. The number of sulfonamides is 1. The van der Waals surface area contributed by atoms with Crippen LogP contribution in [0.1, 0.15) is 21.5 Å². The molecule has 128 valence electrons. The Labute approximate surface area is 138 Å². The summed E-state index contributed by atoms with van der Waals surface area (Å²) in [4.78, 5) is 13.5. The van der Waals surface area contributed by atoms with Gasteiger partial charge in [-0.2, -0.15) is 0 Å². The molecule has 0 unspecified atom stereocenters. The molecule has 0 fully saturated rings. The topological polar surface area (TPSA) is 80.5 Å². The lowest BCUT2D eigenvalue weighted by Gasteiger charge is -2.18. The van der Waals surface area contributed by atoms with Crippen LogP contribution in [0.5, 0.6) is 0 Å². The van der Waals surface area contributed by atoms with Gasteiger partial charge in [-0.3, -0.25) is 4.79 Å². The molecule has 5 nitrogen and oxygen atoms in total. The molecule has 1 amide bonds. The Morgan fingerprint density at radius 3 is 2.42 bits per heavy atom. The molecule has 0 radical (unpaired) electrons. The van der Waals surface area contributed by atoms with Gasteiger partial charge >= 0.3 is 0 Å². The number of hydrogen-bond acceptors (Lipinski definition) is 3. The van der Waals surface area contributed by atoms with Crippen molar-refractivity contribution in [2.75, 3.05) is 7.05 Å². The van der Waals surface area contributed by atoms with Gasteiger partial charge in [-0.05, 0) is 30.7 Å². The average molecular weight is 354 g/mol. The Morgan fingerprint density at radius 2 is 1.83 bits per heavy atom. The zero-order chi connectivity index (χ0) is 18.1. The van der Waals surface area contributed by atoms with Crippen LogP contribution in [0.2, 0.25) is 0 Å². The minimum atomic E-state index is -3.96. The third-order valence-electron chi connectivity index (χ3n) is 3.51. The second-order valence-corrected chi connectivity index (χ2v) is 6.95. The molecule has 0 spiro atoms. The standard InChI is InChI=1S/C16H16F2N2O3S/c1-10-3-4-11(7-15(10)24(19,22)23)16(21)20(2)9-12-5-6-13(17)8-14(12)18/h3-8H,9H2,1-2H3,(H2,19,22,23). The van der Waals surface area contributed by atoms with E-state index in [1.54, 1.807) is 6.92 Å². The van der Waals surface area contributed by atoms with Crippen LogP contribution in [0.3, 0.4) is 0 Å². The second kappa shape index (κ2) is 6.66. The number of primary sulfonamides is 1. The predicted molar refractivity (Wildman–Crippen MR) is 84.7 cm³/mol. The fourth-order valence-corrected chi connectivity index (χ4v) is 3.05. The van der Waals surface area contributed by atoms with Crippen LogP contribution in [0, 0.1) is 18.6 Å². The van der Waals surface area contributed by atoms with Crippen molar-refractivity contribution in [3.8, 4) is 0 Å². The van der Waals surface area contributed by atoms with Crippen molar-refractivity contribution < 1.29 is 22.0 Å². The molecule has 2 aromatic carbocycles. The number of benzene rings is 2. The van der Waals surface area contributed by atoms with E-state index in [1.807, 2.05) is 0 Å². The molecule has 0 aliphatic carbocycles. The zero-order valence-corrected chi connectivity index (χ0v) is 13.9. The number of carbonyl (C=O) groups is 1. The minimum absolute atomic E-state index is 0.0937. The number of hydrogen-bond donors (Lipinski definition) is 1. The molecule has 0 bridgehead atoms. The summed E-state index contributed by atoms with van der Waals surface area (Å²) < 4.78 is 49.7. The van der Waals surface area contributed by atoms with Crippen LogP contribution >= 0.6 is 0 Å². The van der Waals surface area contributed by atoms with E-state index in [1.165, 1.54) is 36.2 Å². The van der Waals surface area contributed by atoms with Crippen molar-refractivity contribution >= 4 is 15.9 Å². The molecule has 2 aromatic rings. The number of rotatable bonds is 4. The second-order valence-electron chi connectivity index (χ2n) is 5.42. The lowest BCUT2D eigenvalue weighted by atomic mass is 10.1. The molecule has 2 N–H and O–H groups in total. The van der Waals surface area contributed by atoms with Crippen LogP contribution in [-0.4, -0.2) is 26.3 Å². The maximum atomic E-state index is 13.7. The van der Waals surface area contributed by atoms with Crippen molar-refractivity contribution in [3.05, 3.63) is 64.7 Å². The van der Waals surface area contributed by atoms with Gasteiger partial charge in [-0.15, -0.1) is 0 Å². The van der Waals surface area contributed by atoms with Gasteiger partial charge in [0, 0.05) is 30.8 Å². The summed E-state index contributed by atoms with van der Waals surface area (Å²) in [7, 11) is -2.53. The Bertz CT molecular complexity index is 898. The highest BCUT2D eigenvalue weighted by molar-refractivity contribution is 7.89. The molecule has 0 saturated carbocycles. The van der Waals surface area contributed by atoms with Crippen molar-refractivity contribution in [1.29, 1.82) is 0 Å². The van der Waals surface area contributed by atoms with Crippen LogP contribution in [-0.2, 0) is 16.6 Å². The zero-order valence-electron chi connectivity index (χ0n) is 13.1. The van der Waals surface area contributed by atoms with Crippen molar-refractivity contribution in [2.24, 2.45) is 5.14 Å². The first-order valence-corrected chi connectivity index (χ1v) is 8.47. The van der Waals surface area contributed by atoms with Crippen molar-refractivity contribution in [2.45, 2.75) is 18.4 Å². The summed E-state index contributed by atoms with van der Waals surface area (Å²) in [5.74, 6) is -1.98. The quantitative estimate of drug-likeness (QED) is 0.914. The third-order valence-corrected chi connectivity index (χ3v) is 4.56. The lowest BCUT2D eigenvalue weighted by molar-refractivity contribution is 0.0783. The number of nitrogens with two attached hydrogens (primary N) is 1. The first-order valence-electron chi connectivity index (χ1n) is 6.92. The molecular formula is C16H16F2N2O3S. The van der Waals surface area contributed by atoms with Gasteiger partial charge < -0.3 is 4.90 Å². The Morgan fingerprint density at radius 1 is 1.17 bits per heavy atom. The van der Waals surface area contributed by atoms with E-state index in [0.717, 1.165) is 12.1 Å². The molecule has 0 heterocycles. The van der Waals surface area contributed by atoms with E-state index >= 15 is 0 Å². The third kappa shape index (κ3) is 3.95. The van der Waals surface area contributed by atoms with Crippen LogP contribution < -0.4 is 5.14 Å². The van der Waals surface area contributed by atoms with E-state index in [0.29, 0.717) is 5.56 Å². The first-order chi connectivity index (χ1) is 11.1. The van der Waals surface area contributed by atoms with Crippen LogP contribution in [0.25, 0.3) is 0 Å². The van der Waals surface area contributed by atoms with Gasteiger partial charge in [0.05, 0.1) is 4.90 Å². The summed E-state index contributed by atoms with van der Waals surface area (Å²) in [6.07, 6.45) is 0. The fraction of sp³-hybridized carbons (Fsp3) is 0.188. The monoisotopic (exact) mass is 354 g/mol. The molecule has 2 rings (SSSR count). The van der Waals surface area contributed by atoms with E-state index in [2.05, 4.69) is 0 Å². The van der Waals surface area contributed by atoms with Gasteiger partial charge in [0.2, 0.25) is 10.0 Å². The molecule has 0 atom stereocenters. The Hall–Kier alpha value is -2.32. The number of amides is 1. The molecule has 0 aromatic heterocycles. The summed E-state index contributed by atoms with van der Waals surface area (Å²) >= 11 is 0. The smallest absolute Gasteiger partial charge is 0.253 e. The number of nitrogens with zero attached hydrogens (tertiary/aromatic N) is 1. The molecule has 0 aliphatic heterocycles. The SMILES string of the molecule is Cc1ccc(C(=O)N(C)Cc2ccc(F)cc2F)cc1S(N)(=O)=O. The molecule has 8 heteroatoms. The molecule has 24 heavy (non-hydrogen) atoms. The summed E-state index contributed by atoms with van der Waals surface area (Å²) in [5, 5.41) is 5.12. The van der Waals surface area contributed by atoms with Gasteiger partial charge in [0.25, 0.3) is 5.91 Å². The maximum absolute atomic E-state index is 13.7. The fourth-order valence-electron chi connectivity index (χ4n) is 2.24. The normalized spacial score (nSPS) is 11.4. The molecule has 0 saturated heterocycles. The minimum Gasteiger partial charge on any atom is -0.337 e. The van der Waals surface area contributed by atoms with E-state index in [4.69, 9.17) is 5.14 Å². The van der Waals surface area contributed by atoms with Crippen molar-refractivity contribution in [3.63, 3.8) is 0 Å². The first kappa shape index (κ1) is 18.0. The number of aryl methyl sites for hydroxylation is 1. The van der Waals surface area contributed by atoms with Gasteiger partial charge in [-0.1, -0.05) is 12.1 Å². The van der Waals surface area contributed by atoms with Gasteiger partial charge in [0.15, 0.2) is 0 Å². The number of carbonyl (C=O) groups excluding carboxylic acids is 1. The van der Waals surface area contributed by atoms with Gasteiger partial charge in [0.1, 0.15) is 11.6 Å². The maximum Gasteiger partial charge on any atom is 0.253 e. The molecular weight excluding hydrogens is 338 g/mol. The Balaban J connectivity index is 2.28. The summed E-state index contributed by atoms with van der Waals surface area (Å²) in [6.45, 7) is 1.47. The summed E-state index contributed by atoms with van der Waals surface area (Å²) in [5.41, 5.74) is 0.668. The highest BCUT2D eigenvalue weighted by atomic mass is 32.2. The van der Waals surface area contributed by atoms with Crippen LogP contribution in [0.15, 0.2) is 41.3 Å².